The number of hydrogen-bond acceptors (Lipinski definition) is 4. The smallest absolute Gasteiger partial charge is 0.268 e. The normalized spacial score (nSPS) is 21.8. The zero-order valence-electron chi connectivity index (χ0n) is 13.6. The van der Waals surface area contributed by atoms with Gasteiger partial charge in [-0.15, -0.1) is 0 Å². The highest BCUT2D eigenvalue weighted by Crippen LogP contribution is 2.43. The fourth-order valence-corrected chi connectivity index (χ4v) is 3.25. The van der Waals surface area contributed by atoms with E-state index >= 15 is 0 Å². The van der Waals surface area contributed by atoms with Crippen LogP contribution in [0.15, 0.2) is 18.2 Å². The van der Waals surface area contributed by atoms with Crippen molar-refractivity contribution in [3.05, 3.63) is 18.2 Å². The van der Waals surface area contributed by atoms with Gasteiger partial charge >= 0.3 is 0 Å². The van der Waals surface area contributed by atoms with Gasteiger partial charge in [0, 0.05) is 32.2 Å². The summed E-state index contributed by atoms with van der Waals surface area (Å²) in [4.78, 5) is 17.0. The molecule has 1 amide bonds. The molecule has 0 saturated carbocycles. The molecule has 3 rings (SSSR count). The molecule has 5 heteroatoms. The number of fused-ring (bicyclic) bond motifs is 1. The third-order valence-electron chi connectivity index (χ3n) is 4.35. The van der Waals surface area contributed by atoms with Crippen molar-refractivity contribution in [2.24, 2.45) is 0 Å². The highest BCUT2D eigenvalue weighted by molar-refractivity contribution is 6.03. The molecular formula is C17H25N3O2. The monoisotopic (exact) mass is 303 g/mol. The van der Waals surface area contributed by atoms with E-state index in [1.165, 1.54) is 0 Å². The Morgan fingerprint density at radius 2 is 2.05 bits per heavy atom. The highest BCUT2D eigenvalue weighted by Gasteiger charge is 2.37. The Hall–Kier alpha value is -1.75. The van der Waals surface area contributed by atoms with Crippen LogP contribution in [-0.4, -0.2) is 44.2 Å². The molecule has 2 heterocycles. The van der Waals surface area contributed by atoms with Crippen molar-refractivity contribution >= 4 is 17.3 Å². The summed E-state index contributed by atoms with van der Waals surface area (Å²) in [6.45, 7) is 9.96. The zero-order chi connectivity index (χ0) is 15.7. The molecular weight excluding hydrogens is 278 g/mol. The summed E-state index contributed by atoms with van der Waals surface area (Å²) < 4.78 is 5.97. The number of amides is 1. The van der Waals surface area contributed by atoms with Gasteiger partial charge in [0.15, 0.2) is 6.10 Å². The predicted octanol–water partition coefficient (Wildman–Crippen LogP) is 2.01. The lowest BCUT2D eigenvalue weighted by atomic mass is 10.1. The van der Waals surface area contributed by atoms with E-state index in [2.05, 4.69) is 30.1 Å². The van der Waals surface area contributed by atoms with E-state index in [1.807, 2.05) is 24.0 Å². The standard InChI is InChI=1S/C17H25N3O2/c1-4-14-17(21)20(12(2)3)16-13(6-5-7-15(16)22-14)19-10-8-18-9-11-19/h5-7,12,14,18H,4,8-11H2,1-3H3. The summed E-state index contributed by atoms with van der Waals surface area (Å²) in [7, 11) is 0. The number of para-hydroxylation sites is 1. The third kappa shape index (κ3) is 2.54. The van der Waals surface area contributed by atoms with Gasteiger partial charge < -0.3 is 19.9 Å². The number of carbonyl (C=O) groups is 1. The van der Waals surface area contributed by atoms with E-state index in [9.17, 15) is 4.79 Å². The Labute approximate surface area is 132 Å². The van der Waals surface area contributed by atoms with Gasteiger partial charge in [-0.05, 0) is 32.4 Å². The molecule has 0 aromatic heterocycles. The second-order valence-corrected chi connectivity index (χ2v) is 6.18. The fourth-order valence-electron chi connectivity index (χ4n) is 3.25. The van der Waals surface area contributed by atoms with Crippen LogP contribution >= 0.6 is 0 Å². The van der Waals surface area contributed by atoms with Gasteiger partial charge in [0.1, 0.15) is 11.4 Å². The quantitative estimate of drug-likeness (QED) is 0.928. The van der Waals surface area contributed by atoms with Crippen molar-refractivity contribution in [1.82, 2.24) is 5.32 Å². The van der Waals surface area contributed by atoms with Gasteiger partial charge in [-0.3, -0.25) is 4.79 Å². The number of nitrogens with one attached hydrogen (secondary N) is 1. The molecule has 0 radical (unpaired) electrons. The summed E-state index contributed by atoms with van der Waals surface area (Å²) in [5.41, 5.74) is 2.05. The molecule has 2 aliphatic heterocycles. The number of anilines is 2. The maximum atomic E-state index is 12.8. The minimum atomic E-state index is -0.367. The molecule has 1 N–H and O–H groups in total. The summed E-state index contributed by atoms with van der Waals surface area (Å²) in [5, 5.41) is 3.37. The first-order valence-electron chi connectivity index (χ1n) is 8.22. The molecule has 0 aliphatic carbocycles. The molecule has 5 nitrogen and oxygen atoms in total. The van der Waals surface area contributed by atoms with Crippen LogP contribution in [0.1, 0.15) is 27.2 Å². The largest absolute Gasteiger partial charge is 0.478 e. The van der Waals surface area contributed by atoms with E-state index in [0.717, 1.165) is 43.3 Å². The number of piperazine rings is 1. The van der Waals surface area contributed by atoms with Gasteiger partial charge in [0.25, 0.3) is 5.91 Å². The average Bonchev–Trinajstić information content (AvgIpc) is 2.54. The first-order valence-corrected chi connectivity index (χ1v) is 8.22. The van der Waals surface area contributed by atoms with Crippen LogP contribution < -0.4 is 19.9 Å². The Kier molecular flexibility index (Phi) is 4.25. The molecule has 1 aromatic rings. The van der Waals surface area contributed by atoms with Gasteiger partial charge in [-0.1, -0.05) is 13.0 Å². The summed E-state index contributed by atoms with van der Waals surface area (Å²) >= 11 is 0. The van der Waals surface area contributed by atoms with Crippen LogP contribution in [0.25, 0.3) is 0 Å². The second kappa shape index (κ2) is 6.16. The Morgan fingerprint density at radius 1 is 1.32 bits per heavy atom. The minimum Gasteiger partial charge on any atom is -0.478 e. The van der Waals surface area contributed by atoms with Crippen molar-refractivity contribution in [1.29, 1.82) is 0 Å². The number of benzene rings is 1. The van der Waals surface area contributed by atoms with Crippen molar-refractivity contribution in [2.75, 3.05) is 36.0 Å². The molecule has 1 aromatic carbocycles. The molecule has 22 heavy (non-hydrogen) atoms. The Morgan fingerprint density at radius 3 is 2.68 bits per heavy atom. The number of carbonyl (C=O) groups excluding carboxylic acids is 1. The average molecular weight is 303 g/mol. The SMILES string of the molecule is CCC1Oc2cccc(N3CCNCC3)c2N(C(C)C)C1=O. The lowest BCUT2D eigenvalue weighted by molar-refractivity contribution is -0.126. The van der Waals surface area contributed by atoms with E-state index in [-0.39, 0.29) is 18.1 Å². The minimum absolute atomic E-state index is 0.0765. The maximum absolute atomic E-state index is 12.8. The molecule has 1 fully saturated rings. The van der Waals surface area contributed by atoms with E-state index < -0.39 is 0 Å². The number of ether oxygens (including phenoxy) is 1. The van der Waals surface area contributed by atoms with Crippen LogP contribution in [-0.2, 0) is 4.79 Å². The molecule has 1 unspecified atom stereocenters. The topological polar surface area (TPSA) is 44.8 Å². The van der Waals surface area contributed by atoms with Gasteiger partial charge in [-0.25, -0.2) is 0 Å². The number of rotatable bonds is 3. The van der Waals surface area contributed by atoms with Crippen molar-refractivity contribution < 1.29 is 9.53 Å². The summed E-state index contributed by atoms with van der Waals surface area (Å²) in [6.07, 6.45) is 0.326. The van der Waals surface area contributed by atoms with E-state index in [0.29, 0.717) is 6.42 Å². The van der Waals surface area contributed by atoms with Gasteiger partial charge in [0.05, 0.1) is 5.69 Å². The third-order valence-corrected chi connectivity index (χ3v) is 4.35. The zero-order valence-corrected chi connectivity index (χ0v) is 13.6. The molecule has 0 spiro atoms. The Balaban J connectivity index is 2.07. The molecule has 1 saturated heterocycles. The predicted molar refractivity (Wildman–Crippen MR) is 88.9 cm³/mol. The lowest BCUT2D eigenvalue weighted by Crippen LogP contribution is -2.50. The number of hydrogen-bond donors (Lipinski definition) is 1. The first-order chi connectivity index (χ1) is 10.6. The maximum Gasteiger partial charge on any atom is 0.268 e. The number of nitrogens with zero attached hydrogens (tertiary/aromatic N) is 2. The van der Waals surface area contributed by atoms with E-state index in [4.69, 9.17) is 4.74 Å². The lowest BCUT2D eigenvalue weighted by Gasteiger charge is -2.40. The van der Waals surface area contributed by atoms with Gasteiger partial charge in [-0.2, -0.15) is 0 Å². The van der Waals surface area contributed by atoms with Crippen molar-refractivity contribution in [2.45, 2.75) is 39.3 Å². The summed E-state index contributed by atoms with van der Waals surface area (Å²) in [5.74, 6) is 0.906. The summed E-state index contributed by atoms with van der Waals surface area (Å²) in [6, 6.07) is 6.22. The molecule has 120 valence electrons. The Bertz CT molecular complexity index is 553. The van der Waals surface area contributed by atoms with Crippen LogP contribution in [0, 0.1) is 0 Å². The van der Waals surface area contributed by atoms with Crippen LogP contribution in [0.4, 0.5) is 11.4 Å². The van der Waals surface area contributed by atoms with Crippen LogP contribution in [0.5, 0.6) is 5.75 Å². The van der Waals surface area contributed by atoms with Gasteiger partial charge in [0.2, 0.25) is 0 Å². The molecule has 2 aliphatic rings. The van der Waals surface area contributed by atoms with E-state index in [1.54, 1.807) is 0 Å². The highest BCUT2D eigenvalue weighted by atomic mass is 16.5. The van der Waals surface area contributed by atoms with Crippen molar-refractivity contribution in [3.63, 3.8) is 0 Å². The molecule has 1 atom stereocenters. The second-order valence-electron chi connectivity index (χ2n) is 6.18. The van der Waals surface area contributed by atoms with Crippen LogP contribution in [0.2, 0.25) is 0 Å². The fraction of sp³-hybridized carbons (Fsp3) is 0.588. The first kappa shape index (κ1) is 15.2. The molecule has 0 bridgehead atoms. The van der Waals surface area contributed by atoms with Crippen LogP contribution in [0.3, 0.4) is 0 Å². The van der Waals surface area contributed by atoms with Crippen molar-refractivity contribution in [3.8, 4) is 5.75 Å².